The molecule has 3 nitrogen and oxygen atoms in total. The van der Waals surface area contributed by atoms with Crippen molar-refractivity contribution in [1.82, 2.24) is 0 Å². The second-order valence-electron chi connectivity index (χ2n) is 3.06. The number of hydrogen-bond donors (Lipinski definition) is 1. The quantitative estimate of drug-likeness (QED) is 0.782. The van der Waals surface area contributed by atoms with Crippen molar-refractivity contribution in [1.29, 1.82) is 5.26 Å². The minimum Gasteiger partial charge on any atom is -0.497 e. The Morgan fingerprint density at radius 3 is 2.93 bits per heavy atom. The molecule has 0 radical (unpaired) electrons. The third-order valence-corrected chi connectivity index (χ3v) is 2.02. The SMILES string of the molecule is COc1cccc(C[C@@H](C#N)CO)c1. The van der Waals surface area contributed by atoms with Gasteiger partial charge in [0.1, 0.15) is 5.75 Å². The number of benzene rings is 1. The maximum absolute atomic E-state index is 8.86. The summed E-state index contributed by atoms with van der Waals surface area (Å²) in [6, 6.07) is 9.57. The van der Waals surface area contributed by atoms with E-state index in [1.165, 1.54) is 0 Å². The van der Waals surface area contributed by atoms with Gasteiger partial charge in [0.25, 0.3) is 0 Å². The smallest absolute Gasteiger partial charge is 0.119 e. The van der Waals surface area contributed by atoms with E-state index in [-0.39, 0.29) is 12.5 Å². The lowest BCUT2D eigenvalue weighted by molar-refractivity contribution is 0.255. The molecule has 0 aliphatic heterocycles. The van der Waals surface area contributed by atoms with Gasteiger partial charge in [0.15, 0.2) is 0 Å². The van der Waals surface area contributed by atoms with Crippen molar-refractivity contribution in [2.24, 2.45) is 5.92 Å². The van der Waals surface area contributed by atoms with Crippen molar-refractivity contribution >= 4 is 0 Å². The Hall–Kier alpha value is -1.53. The highest BCUT2D eigenvalue weighted by Gasteiger charge is 2.07. The Bertz CT molecular complexity index is 330. The van der Waals surface area contributed by atoms with Crippen LogP contribution in [0.3, 0.4) is 0 Å². The van der Waals surface area contributed by atoms with Crippen LogP contribution in [0.15, 0.2) is 24.3 Å². The van der Waals surface area contributed by atoms with Gasteiger partial charge in [0, 0.05) is 0 Å². The monoisotopic (exact) mass is 191 g/mol. The molecule has 0 unspecified atom stereocenters. The summed E-state index contributed by atoms with van der Waals surface area (Å²) < 4.78 is 5.06. The van der Waals surface area contributed by atoms with Crippen LogP contribution in [-0.2, 0) is 6.42 Å². The molecule has 0 heterocycles. The molecule has 3 heteroatoms. The summed E-state index contributed by atoms with van der Waals surface area (Å²) >= 11 is 0. The number of aliphatic hydroxyl groups is 1. The van der Waals surface area contributed by atoms with Gasteiger partial charge in [-0.1, -0.05) is 12.1 Å². The first-order valence-electron chi connectivity index (χ1n) is 4.43. The second-order valence-corrected chi connectivity index (χ2v) is 3.06. The van der Waals surface area contributed by atoms with E-state index in [1.807, 2.05) is 30.3 Å². The molecule has 0 bridgehead atoms. The molecule has 0 aliphatic rings. The number of methoxy groups -OCH3 is 1. The van der Waals surface area contributed by atoms with E-state index in [1.54, 1.807) is 7.11 Å². The van der Waals surface area contributed by atoms with E-state index in [9.17, 15) is 0 Å². The van der Waals surface area contributed by atoms with Gasteiger partial charge in [0.05, 0.1) is 25.7 Å². The zero-order valence-corrected chi connectivity index (χ0v) is 8.10. The molecule has 0 saturated carbocycles. The van der Waals surface area contributed by atoms with Crippen LogP contribution in [0.2, 0.25) is 0 Å². The Morgan fingerprint density at radius 1 is 1.57 bits per heavy atom. The molecule has 14 heavy (non-hydrogen) atoms. The largest absolute Gasteiger partial charge is 0.497 e. The summed E-state index contributed by atoms with van der Waals surface area (Å²) in [5, 5.41) is 17.5. The topological polar surface area (TPSA) is 53.2 Å². The first-order valence-corrected chi connectivity index (χ1v) is 4.43. The van der Waals surface area contributed by atoms with Crippen LogP contribution in [0.25, 0.3) is 0 Å². The van der Waals surface area contributed by atoms with Crippen LogP contribution in [0, 0.1) is 17.2 Å². The van der Waals surface area contributed by atoms with Gasteiger partial charge in [-0.25, -0.2) is 0 Å². The molecule has 0 fully saturated rings. The molecular weight excluding hydrogens is 178 g/mol. The summed E-state index contributed by atoms with van der Waals surface area (Å²) in [6.45, 7) is -0.103. The van der Waals surface area contributed by atoms with E-state index in [2.05, 4.69) is 0 Å². The fourth-order valence-electron chi connectivity index (χ4n) is 1.23. The first-order chi connectivity index (χ1) is 6.80. The Balaban J connectivity index is 2.71. The van der Waals surface area contributed by atoms with E-state index in [0.717, 1.165) is 11.3 Å². The van der Waals surface area contributed by atoms with Crippen LogP contribution in [-0.4, -0.2) is 18.8 Å². The average Bonchev–Trinajstić information content (AvgIpc) is 2.26. The zero-order valence-electron chi connectivity index (χ0n) is 8.10. The van der Waals surface area contributed by atoms with Gasteiger partial charge >= 0.3 is 0 Å². The Morgan fingerprint density at radius 2 is 2.36 bits per heavy atom. The summed E-state index contributed by atoms with van der Waals surface area (Å²) in [6.07, 6.45) is 0.560. The van der Waals surface area contributed by atoms with Crippen molar-refractivity contribution in [3.8, 4) is 11.8 Å². The summed E-state index contributed by atoms with van der Waals surface area (Å²) in [5.41, 5.74) is 1.00. The van der Waals surface area contributed by atoms with Crippen LogP contribution in [0.5, 0.6) is 5.75 Å². The van der Waals surface area contributed by atoms with Crippen molar-refractivity contribution < 1.29 is 9.84 Å². The van der Waals surface area contributed by atoms with Crippen molar-refractivity contribution in [3.05, 3.63) is 29.8 Å². The Kier molecular flexibility index (Phi) is 3.96. The molecule has 1 N–H and O–H groups in total. The van der Waals surface area contributed by atoms with Gasteiger partial charge in [-0.05, 0) is 24.1 Å². The van der Waals surface area contributed by atoms with Crippen molar-refractivity contribution in [2.45, 2.75) is 6.42 Å². The average molecular weight is 191 g/mol. The molecule has 1 rings (SSSR count). The van der Waals surface area contributed by atoms with Gasteiger partial charge < -0.3 is 9.84 Å². The number of ether oxygens (including phenoxy) is 1. The predicted octanol–water partition coefficient (Wildman–Crippen LogP) is 1.37. The first kappa shape index (κ1) is 10.6. The molecule has 1 atom stereocenters. The lowest BCUT2D eigenvalue weighted by atomic mass is 10.0. The van der Waals surface area contributed by atoms with Crippen LogP contribution in [0.1, 0.15) is 5.56 Å². The van der Waals surface area contributed by atoms with Gasteiger partial charge in [0.2, 0.25) is 0 Å². The molecule has 74 valence electrons. The lowest BCUT2D eigenvalue weighted by Crippen LogP contribution is -2.06. The molecule has 0 amide bonds. The molecule has 0 spiro atoms. The van der Waals surface area contributed by atoms with Crippen molar-refractivity contribution in [2.75, 3.05) is 13.7 Å². The number of aliphatic hydroxyl groups excluding tert-OH is 1. The maximum atomic E-state index is 8.86. The zero-order chi connectivity index (χ0) is 10.4. The number of nitrogens with zero attached hydrogens (tertiary/aromatic N) is 1. The number of rotatable bonds is 4. The molecule has 1 aromatic rings. The number of hydrogen-bond acceptors (Lipinski definition) is 3. The summed E-state index contributed by atoms with van der Waals surface area (Å²) in [4.78, 5) is 0. The molecule has 0 aliphatic carbocycles. The van der Waals surface area contributed by atoms with E-state index >= 15 is 0 Å². The highest BCUT2D eigenvalue weighted by molar-refractivity contribution is 5.29. The van der Waals surface area contributed by atoms with Gasteiger partial charge in [-0.2, -0.15) is 5.26 Å². The predicted molar refractivity (Wildman–Crippen MR) is 52.9 cm³/mol. The third kappa shape index (κ3) is 2.75. The van der Waals surface area contributed by atoms with E-state index in [0.29, 0.717) is 6.42 Å². The van der Waals surface area contributed by atoms with Gasteiger partial charge in [-0.3, -0.25) is 0 Å². The van der Waals surface area contributed by atoms with E-state index in [4.69, 9.17) is 15.1 Å². The minimum absolute atomic E-state index is 0.103. The highest BCUT2D eigenvalue weighted by atomic mass is 16.5. The molecular formula is C11H13NO2. The fraction of sp³-hybridized carbons (Fsp3) is 0.364. The molecule has 0 saturated heterocycles. The molecule has 0 aromatic heterocycles. The fourth-order valence-corrected chi connectivity index (χ4v) is 1.23. The number of nitriles is 1. The van der Waals surface area contributed by atoms with Crippen molar-refractivity contribution in [3.63, 3.8) is 0 Å². The maximum Gasteiger partial charge on any atom is 0.119 e. The molecule has 1 aromatic carbocycles. The third-order valence-electron chi connectivity index (χ3n) is 2.02. The standard InChI is InChI=1S/C11H13NO2/c1-14-11-4-2-3-9(6-11)5-10(7-12)8-13/h2-4,6,10,13H,5,8H2,1H3/t10-/m0/s1. The van der Waals surface area contributed by atoms with Gasteiger partial charge in [-0.15, -0.1) is 0 Å². The minimum atomic E-state index is -0.331. The van der Waals surface area contributed by atoms with E-state index < -0.39 is 0 Å². The van der Waals surface area contributed by atoms with Crippen LogP contribution in [0.4, 0.5) is 0 Å². The second kappa shape index (κ2) is 5.25. The normalized spacial score (nSPS) is 11.8. The van der Waals surface area contributed by atoms with Crippen LogP contribution >= 0.6 is 0 Å². The summed E-state index contributed by atoms with van der Waals surface area (Å²) in [7, 11) is 1.60. The summed E-state index contributed by atoms with van der Waals surface area (Å²) in [5.74, 6) is 0.444. The Labute approximate surface area is 83.6 Å². The lowest BCUT2D eigenvalue weighted by Gasteiger charge is -2.06. The van der Waals surface area contributed by atoms with Crippen LogP contribution < -0.4 is 4.74 Å². The highest BCUT2D eigenvalue weighted by Crippen LogP contribution is 2.15.